The zero-order valence-electron chi connectivity index (χ0n) is 22.1. The number of rotatable bonds is 3. The summed E-state index contributed by atoms with van der Waals surface area (Å²) in [5.41, 5.74) is 4.02. The largest absolute Gasteiger partial charge is 0.444 e. The second-order valence-electron chi connectivity index (χ2n) is 11.9. The SMILES string of the molecule is Cn1c(=O)n(CC(C)(C)C)c2ccc(-c3cccc(C4CCCN(C(=O)OC(C)(C)C)C4)c3)nc21. The quantitative estimate of drug-likeness (QED) is 0.494. The second kappa shape index (κ2) is 9.17. The number of carbonyl (C=O) groups is 1. The van der Waals surface area contributed by atoms with E-state index in [9.17, 15) is 9.59 Å². The van der Waals surface area contributed by atoms with Crippen LogP contribution < -0.4 is 5.69 Å². The molecule has 4 rings (SSSR count). The van der Waals surface area contributed by atoms with Gasteiger partial charge in [0.15, 0.2) is 5.65 Å². The number of amides is 1. The number of hydrogen-bond acceptors (Lipinski definition) is 4. The molecule has 0 bridgehead atoms. The minimum atomic E-state index is -0.500. The van der Waals surface area contributed by atoms with Crippen molar-refractivity contribution in [2.24, 2.45) is 12.5 Å². The minimum Gasteiger partial charge on any atom is -0.444 e. The molecule has 1 fully saturated rings. The van der Waals surface area contributed by atoms with Crippen LogP contribution in [0.15, 0.2) is 41.2 Å². The van der Waals surface area contributed by atoms with Crippen LogP contribution in [0.5, 0.6) is 0 Å². The fraction of sp³-hybridized carbons (Fsp3) is 0.536. The first-order valence-electron chi connectivity index (χ1n) is 12.5. The lowest BCUT2D eigenvalue weighted by Crippen LogP contribution is -2.42. The number of carbonyl (C=O) groups excluding carboxylic acids is 1. The molecule has 1 atom stereocenters. The highest BCUT2D eigenvalue weighted by Gasteiger charge is 2.28. The summed E-state index contributed by atoms with van der Waals surface area (Å²) in [7, 11) is 1.78. The first-order valence-corrected chi connectivity index (χ1v) is 12.5. The van der Waals surface area contributed by atoms with Gasteiger partial charge in [-0.15, -0.1) is 0 Å². The monoisotopic (exact) mass is 478 g/mol. The van der Waals surface area contributed by atoms with Crippen LogP contribution in [0, 0.1) is 5.41 Å². The Labute approximate surface area is 207 Å². The number of likely N-dealkylation sites (tertiary alicyclic amines) is 1. The number of fused-ring (bicyclic) bond motifs is 1. The number of pyridine rings is 1. The summed E-state index contributed by atoms with van der Waals surface area (Å²) in [6.45, 7) is 14.1. The van der Waals surface area contributed by atoms with E-state index in [-0.39, 0.29) is 23.1 Å². The van der Waals surface area contributed by atoms with Crippen LogP contribution in [-0.4, -0.2) is 43.8 Å². The molecule has 1 aromatic carbocycles. The van der Waals surface area contributed by atoms with Gasteiger partial charge >= 0.3 is 11.8 Å². The smallest absolute Gasteiger partial charge is 0.410 e. The number of imidazole rings is 1. The molecule has 3 heterocycles. The Morgan fingerprint density at radius 1 is 1.11 bits per heavy atom. The van der Waals surface area contributed by atoms with E-state index in [1.165, 1.54) is 5.56 Å². The maximum absolute atomic E-state index is 12.9. The lowest BCUT2D eigenvalue weighted by atomic mass is 9.89. The minimum absolute atomic E-state index is 0.0156. The Hall–Kier alpha value is -3.09. The average molecular weight is 479 g/mol. The Kier molecular flexibility index (Phi) is 6.56. The standard InChI is InChI=1S/C28H38N4O3/c1-27(2,3)18-32-23-14-13-22(29-24(23)30(7)25(32)33)20-11-8-10-19(16-20)21-12-9-15-31(17-21)26(34)35-28(4,5)6/h8,10-11,13-14,16,21H,9,12,15,17-18H2,1-7H3. The second-order valence-corrected chi connectivity index (χ2v) is 11.9. The number of piperidine rings is 1. The first-order chi connectivity index (χ1) is 16.3. The molecule has 7 heteroatoms. The highest BCUT2D eigenvalue weighted by atomic mass is 16.6. The number of benzene rings is 1. The van der Waals surface area contributed by atoms with Crippen LogP contribution in [0.4, 0.5) is 4.79 Å². The summed E-state index contributed by atoms with van der Waals surface area (Å²) in [4.78, 5) is 32.2. The summed E-state index contributed by atoms with van der Waals surface area (Å²) in [5.74, 6) is 0.247. The molecule has 7 nitrogen and oxygen atoms in total. The van der Waals surface area contributed by atoms with E-state index in [2.05, 4.69) is 39.0 Å². The summed E-state index contributed by atoms with van der Waals surface area (Å²) in [5, 5.41) is 0. The summed E-state index contributed by atoms with van der Waals surface area (Å²) >= 11 is 0. The molecule has 188 valence electrons. The van der Waals surface area contributed by atoms with Gasteiger partial charge in [-0.25, -0.2) is 14.6 Å². The maximum Gasteiger partial charge on any atom is 0.410 e. The molecule has 2 aromatic heterocycles. The summed E-state index contributed by atoms with van der Waals surface area (Å²) in [6.07, 6.45) is 1.73. The number of aryl methyl sites for hydroxylation is 1. The van der Waals surface area contributed by atoms with Gasteiger partial charge in [0.25, 0.3) is 0 Å². The highest BCUT2D eigenvalue weighted by molar-refractivity contribution is 5.76. The molecule has 35 heavy (non-hydrogen) atoms. The fourth-order valence-electron chi connectivity index (χ4n) is 4.75. The van der Waals surface area contributed by atoms with Gasteiger partial charge in [-0.05, 0) is 62.8 Å². The van der Waals surface area contributed by atoms with Crippen molar-refractivity contribution in [2.45, 2.75) is 72.4 Å². The van der Waals surface area contributed by atoms with Gasteiger partial charge < -0.3 is 9.64 Å². The van der Waals surface area contributed by atoms with Gasteiger partial charge in [0.05, 0.1) is 11.2 Å². The van der Waals surface area contributed by atoms with Crippen LogP contribution in [0.2, 0.25) is 0 Å². The van der Waals surface area contributed by atoms with Gasteiger partial charge in [0.2, 0.25) is 0 Å². The molecule has 3 aromatic rings. The maximum atomic E-state index is 12.9. The molecular formula is C28H38N4O3. The van der Waals surface area contributed by atoms with Crippen molar-refractivity contribution in [3.63, 3.8) is 0 Å². The first kappa shape index (κ1) is 25.0. The zero-order valence-corrected chi connectivity index (χ0v) is 22.1. The van der Waals surface area contributed by atoms with Crippen molar-refractivity contribution >= 4 is 17.3 Å². The van der Waals surface area contributed by atoms with Crippen molar-refractivity contribution in [3.8, 4) is 11.3 Å². The molecule has 1 amide bonds. The Bertz CT molecular complexity index is 1290. The number of ether oxygens (including phenoxy) is 1. The van der Waals surface area contributed by atoms with E-state index in [4.69, 9.17) is 9.72 Å². The Morgan fingerprint density at radius 2 is 1.86 bits per heavy atom. The van der Waals surface area contributed by atoms with E-state index < -0.39 is 5.60 Å². The molecule has 0 spiro atoms. The fourth-order valence-corrected chi connectivity index (χ4v) is 4.75. The molecular weight excluding hydrogens is 440 g/mol. The van der Waals surface area contributed by atoms with Crippen molar-refractivity contribution in [3.05, 3.63) is 52.4 Å². The third-order valence-corrected chi connectivity index (χ3v) is 6.34. The van der Waals surface area contributed by atoms with Gasteiger partial charge in [-0.3, -0.25) is 9.13 Å². The third kappa shape index (κ3) is 5.60. The predicted molar refractivity (Wildman–Crippen MR) is 140 cm³/mol. The molecule has 1 aliphatic heterocycles. The van der Waals surface area contributed by atoms with Crippen LogP contribution in [0.1, 0.15) is 65.9 Å². The van der Waals surface area contributed by atoms with Gasteiger partial charge in [0, 0.05) is 38.2 Å². The summed E-state index contributed by atoms with van der Waals surface area (Å²) < 4.78 is 9.04. The van der Waals surface area contributed by atoms with Crippen LogP contribution in [-0.2, 0) is 18.3 Å². The number of nitrogens with zero attached hydrogens (tertiary/aromatic N) is 4. The van der Waals surface area contributed by atoms with Crippen molar-refractivity contribution < 1.29 is 9.53 Å². The van der Waals surface area contributed by atoms with Gasteiger partial charge in [-0.2, -0.15) is 0 Å². The van der Waals surface area contributed by atoms with Gasteiger partial charge in [-0.1, -0.05) is 39.0 Å². The normalized spacial score (nSPS) is 17.1. The topological polar surface area (TPSA) is 69.4 Å². The lowest BCUT2D eigenvalue weighted by molar-refractivity contribution is 0.0198. The van der Waals surface area contributed by atoms with E-state index >= 15 is 0 Å². The lowest BCUT2D eigenvalue weighted by Gasteiger charge is -2.34. The molecule has 0 radical (unpaired) electrons. The van der Waals surface area contributed by atoms with Crippen molar-refractivity contribution in [1.82, 2.24) is 19.0 Å². The summed E-state index contributed by atoms with van der Waals surface area (Å²) in [6, 6.07) is 12.4. The van der Waals surface area contributed by atoms with E-state index in [0.29, 0.717) is 18.7 Å². The number of aromatic nitrogens is 3. The molecule has 1 saturated heterocycles. The molecule has 0 N–H and O–H groups in total. The van der Waals surface area contributed by atoms with E-state index in [1.54, 1.807) is 11.6 Å². The van der Waals surface area contributed by atoms with Gasteiger partial charge in [0.1, 0.15) is 5.60 Å². The van der Waals surface area contributed by atoms with Crippen LogP contribution in [0.25, 0.3) is 22.4 Å². The number of hydrogen-bond donors (Lipinski definition) is 0. The Balaban J connectivity index is 1.61. The highest BCUT2D eigenvalue weighted by Crippen LogP contribution is 2.31. The van der Waals surface area contributed by atoms with E-state index in [1.807, 2.05) is 48.4 Å². The van der Waals surface area contributed by atoms with E-state index in [0.717, 1.165) is 36.2 Å². The van der Waals surface area contributed by atoms with Crippen molar-refractivity contribution in [2.75, 3.05) is 13.1 Å². The Morgan fingerprint density at radius 3 is 2.54 bits per heavy atom. The average Bonchev–Trinajstić information content (AvgIpc) is 3.01. The van der Waals surface area contributed by atoms with Crippen LogP contribution >= 0.6 is 0 Å². The van der Waals surface area contributed by atoms with Crippen LogP contribution in [0.3, 0.4) is 0 Å². The zero-order chi connectivity index (χ0) is 25.5. The third-order valence-electron chi connectivity index (χ3n) is 6.34. The molecule has 0 aliphatic carbocycles. The molecule has 1 unspecified atom stereocenters. The predicted octanol–water partition coefficient (Wildman–Crippen LogP) is 5.56. The molecule has 1 aliphatic rings. The molecule has 0 saturated carbocycles. The van der Waals surface area contributed by atoms with Crippen molar-refractivity contribution in [1.29, 1.82) is 0 Å².